The van der Waals surface area contributed by atoms with E-state index in [4.69, 9.17) is 40.0 Å². The summed E-state index contributed by atoms with van der Waals surface area (Å²) >= 11 is 11.4. The van der Waals surface area contributed by atoms with E-state index in [1.165, 1.54) is 31.1 Å². The number of fused-ring (bicyclic) bond motifs is 6. The van der Waals surface area contributed by atoms with Crippen LogP contribution in [0.3, 0.4) is 0 Å². The molecule has 0 aliphatic carbocycles. The van der Waals surface area contributed by atoms with Crippen LogP contribution in [0.4, 0.5) is 10.5 Å². The van der Waals surface area contributed by atoms with E-state index in [0.29, 0.717) is 30.9 Å². The molecule has 16 heteroatoms. The highest BCUT2D eigenvalue weighted by Gasteiger charge is 2.63. The Labute approximate surface area is 334 Å². The molecule has 2 N–H and O–H groups in total. The van der Waals surface area contributed by atoms with Crippen LogP contribution in [-0.4, -0.2) is 122 Å². The van der Waals surface area contributed by atoms with Gasteiger partial charge in [0.2, 0.25) is 11.8 Å². The van der Waals surface area contributed by atoms with Gasteiger partial charge in [-0.05, 0) is 65.2 Å². The van der Waals surface area contributed by atoms with Gasteiger partial charge < -0.3 is 43.3 Å². The Hall–Kier alpha value is -3.34. The number of carbonyl (C=O) groups excluding carboxylic acids is 4. The number of halogens is 1. The van der Waals surface area contributed by atoms with E-state index in [2.05, 4.69) is 17.9 Å². The number of nitrogens with zero attached hydrogens (tertiary/aromatic N) is 2. The molecule has 0 radical (unpaired) electrons. The predicted octanol–water partition coefficient (Wildman–Crippen LogP) is 4.77. The maximum atomic E-state index is 14.2. The number of alkyl carbamates (subject to hydrolysis) is 1. The number of benzene rings is 1. The first-order valence-corrected chi connectivity index (χ1v) is 19.0. The van der Waals surface area contributed by atoms with Crippen LogP contribution in [0.5, 0.6) is 5.75 Å². The van der Waals surface area contributed by atoms with Crippen LogP contribution < -0.4 is 15.0 Å². The Morgan fingerprint density at radius 3 is 2.51 bits per heavy atom. The largest absolute Gasteiger partial charge is 0.495 e. The topological polar surface area (TPSA) is 162 Å². The van der Waals surface area contributed by atoms with Crippen molar-refractivity contribution in [2.45, 2.75) is 119 Å². The van der Waals surface area contributed by atoms with Crippen molar-refractivity contribution in [3.8, 4) is 5.75 Å². The van der Waals surface area contributed by atoms with Crippen molar-refractivity contribution >= 4 is 53.8 Å². The Morgan fingerprint density at radius 2 is 1.89 bits per heavy atom. The minimum absolute atomic E-state index is 0.104. The summed E-state index contributed by atoms with van der Waals surface area (Å²) in [6.45, 7) is 9.09. The van der Waals surface area contributed by atoms with Gasteiger partial charge in [0, 0.05) is 52.3 Å². The van der Waals surface area contributed by atoms with Crippen molar-refractivity contribution in [2.24, 2.45) is 0 Å². The Bertz CT molecular complexity index is 1680. The molecule has 5 rings (SSSR count). The van der Waals surface area contributed by atoms with E-state index >= 15 is 0 Å². The third-order valence-electron chi connectivity index (χ3n) is 10.8. The predicted molar refractivity (Wildman–Crippen MR) is 210 cm³/mol. The normalized spacial score (nSPS) is 31.7. The molecule has 4 aliphatic heterocycles. The lowest BCUT2D eigenvalue weighted by molar-refractivity contribution is -0.328. The van der Waals surface area contributed by atoms with E-state index < -0.39 is 64.0 Å². The zero-order chi connectivity index (χ0) is 41.1. The number of aliphatic hydroxyl groups is 1. The first-order valence-electron chi connectivity index (χ1n) is 18.2. The second-order valence-electron chi connectivity index (χ2n) is 15.6. The average Bonchev–Trinajstić information content (AvgIpc) is 3.10. The molecule has 6 bridgehead atoms. The third-order valence-corrected chi connectivity index (χ3v) is 11.5. The summed E-state index contributed by atoms with van der Waals surface area (Å²) < 4.78 is 34.2. The van der Waals surface area contributed by atoms with Gasteiger partial charge in [-0.25, -0.2) is 9.59 Å². The molecule has 306 valence electrons. The summed E-state index contributed by atoms with van der Waals surface area (Å²) in [7, 11) is 7.55. The lowest BCUT2D eigenvalue weighted by Crippen LogP contribution is -2.72. The molecule has 1 aromatic rings. The number of methoxy groups -OCH3 is 3. The first kappa shape index (κ1) is 44.4. The number of anilines is 1. The molecule has 2 fully saturated rings. The Morgan fingerprint density at radius 1 is 1.22 bits per heavy atom. The number of nitrogens with one attached hydrogen (secondary N) is 1. The number of carbonyl (C=O) groups is 4. The summed E-state index contributed by atoms with van der Waals surface area (Å²) in [6, 6.07) is 2.56. The minimum Gasteiger partial charge on any atom is -0.495 e. The quantitative estimate of drug-likeness (QED) is 0.221. The number of ether oxygens (including phenoxy) is 6. The minimum atomic E-state index is -1.86. The number of thiol groups is 1. The molecule has 0 spiro atoms. The molecule has 0 aromatic heterocycles. The zero-order valence-electron chi connectivity index (χ0n) is 33.4. The summed E-state index contributed by atoms with van der Waals surface area (Å²) in [5, 5.41) is 14.5. The maximum Gasteiger partial charge on any atom is 0.409 e. The molecule has 2 saturated heterocycles. The lowest BCUT2D eigenvalue weighted by Gasteiger charge is -2.59. The Kier molecular flexibility index (Phi) is 14.1. The molecule has 3 amide bonds. The van der Waals surface area contributed by atoms with Crippen molar-refractivity contribution in [2.75, 3.05) is 46.9 Å². The van der Waals surface area contributed by atoms with Crippen LogP contribution >= 0.6 is 24.2 Å². The number of esters is 1. The summed E-state index contributed by atoms with van der Waals surface area (Å²) in [5.41, 5.74) is -2.19. The molecule has 1 unspecified atom stereocenters. The smallest absolute Gasteiger partial charge is 0.409 e. The van der Waals surface area contributed by atoms with Gasteiger partial charge in [-0.15, -0.1) is 0 Å². The average molecular weight is 810 g/mol. The summed E-state index contributed by atoms with van der Waals surface area (Å²) in [6.07, 6.45) is 1.98. The van der Waals surface area contributed by atoms with Crippen molar-refractivity contribution in [3.05, 3.63) is 46.5 Å². The van der Waals surface area contributed by atoms with Gasteiger partial charge in [-0.2, -0.15) is 12.6 Å². The molecule has 1 aromatic carbocycles. The van der Waals surface area contributed by atoms with Crippen molar-refractivity contribution < 1.29 is 52.7 Å². The van der Waals surface area contributed by atoms with Gasteiger partial charge in [0.15, 0.2) is 5.72 Å². The fraction of sp³-hybridized carbons (Fsp3) is 0.641. The zero-order valence-corrected chi connectivity index (χ0v) is 35.0. The van der Waals surface area contributed by atoms with E-state index in [0.717, 1.165) is 11.1 Å². The lowest BCUT2D eigenvalue weighted by atomic mass is 9.72. The number of amides is 3. The van der Waals surface area contributed by atoms with Crippen molar-refractivity contribution in [3.63, 3.8) is 0 Å². The van der Waals surface area contributed by atoms with Gasteiger partial charge in [-0.1, -0.05) is 35.4 Å². The van der Waals surface area contributed by atoms with Gasteiger partial charge in [0.05, 0.1) is 25.8 Å². The van der Waals surface area contributed by atoms with E-state index in [1.54, 1.807) is 59.2 Å². The number of hydrogen-bond donors (Lipinski definition) is 3. The standard InChI is InChI=1S/C39H56ClN3O11S/c1-23-12-11-13-28(51-10)39(48)20-30(53-35(47)41-39)38(5)21-37(4,54-38)29(19-32(45)43(7)26-17-25(16-23)18-27(50-9)33(26)40)52-34(46)24(2)42(6)31(44)14-15-36(3,55)22-49-8/h11-13,17-18,24,28-30,48,55H,14-16,19-22H2,1-10H3,(H,41,47)/b13-11+,23-12+/t24-,28-,29+,30+,36?,37-,38-,39+/m1/s1. The van der Waals surface area contributed by atoms with Crippen LogP contribution in [0.2, 0.25) is 5.02 Å². The fourth-order valence-electron chi connectivity index (χ4n) is 7.45. The number of rotatable bonds is 10. The molecular weight excluding hydrogens is 754 g/mol. The summed E-state index contributed by atoms with van der Waals surface area (Å²) in [5.74, 6) is -1.13. The molecule has 8 atom stereocenters. The van der Waals surface area contributed by atoms with Gasteiger partial charge in [-0.3, -0.25) is 14.9 Å². The highest BCUT2D eigenvalue weighted by atomic mass is 35.5. The van der Waals surface area contributed by atoms with Crippen LogP contribution in [0.25, 0.3) is 0 Å². The number of likely N-dealkylation sites (N-methyl/N-ethyl adjacent to an activating group) is 1. The van der Waals surface area contributed by atoms with E-state index in [-0.39, 0.29) is 36.6 Å². The van der Waals surface area contributed by atoms with Crippen LogP contribution in [0.15, 0.2) is 35.9 Å². The third kappa shape index (κ3) is 10.2. The highest BCUT2D eigenvalue weighted by Crippen LogP contribution is 2.50. The number of allylic oxidation sites excluding steroid dienone is 3. The van der Waals surface area contributed by atoms with E-state index in [9.17, 15) is 24.3 Å². The van der Waals surface area contributed by atoms with Crippen molar-refractivity contribution in [1.29, 1.82) is 0 Å². The summed E-state index contributed by atoms with van der Waals surface area (Å²) in [4.78, 5) is 56.8. The molecular formula is C39H56ClN3O11S. The highest BCUT2D eigenvalue weighted by molar-refractivity contribution is 7.81. The Balaban J connectivity index is 1.72. The van der Waals surface area contributed by atoms with Crippen molar-refractivity contribution in [1.82, 2.24) is 10.2 Å². The van der Waals surface area contributed by atoms with E-state index in [1.807, 2.05) is 19.9 Å². The van der Waals surface area contributed by atoms with Gasteiger partial charge in [0.25, 0.3) is 0 Å². The molecule has 4 aliphatic rings. The first-order chi connectivity index (χ1) is 25.6. The van der Waals surface area contributed by atoms with Crippen LogP contribution in [-0.2, 0) is 44.5 Å². The van der Waals surface area contributed by atoms with Crippen LogP contribution in [0.1, 0.15) is 72.3 Å². The second-order valence-corrected chi connectivity index (χ2v) is 17.1. The van der Waals surface area contributed by atoms with Gasteiger partial charge >= 0.3 is 12.1 Å². The molecule has 55 heavy (non-hydrogen) atoms. The monoisotopic (exact) mass is 809 g/mol. The van der Waals surface area contributed by atoms with Crippen LogP contribution in [0, 0.1) is 0 Å². The van der Waals surface area contributed by atoms with Gasteiger partial charge in [0.1, 0.15) is 46.3 Å². The molecule has 14 nitrogen and oxygen atoms in total. The molecule has 4 heterocycles. The molecule has 0 saturated carbocycles. The SMILES string of the molecule is COCC(C)(S)CCC(=O)N(C)[C@H](C)C(=O)O[C@H]1CC(=O)N(C)c2cc(cc(OC)c2Cl)C/C(C)=C/C=C/[C@@H](OC)[C@@]2(O)C[C@H](OC(=O)N2)[C@@]2(C)C[C@@]1(C)O2. The number of hydrogen-bond acceptors (Lipinski definition) is 12. The second kappa shape index (κ2) is 17.4. The fourth-order valence-corrected chi connectivity index (χ4v) is 8.00. The maximum absolute atomic E-state index is 14.2.